The standard InChI is InChI=1S/C8H3BrClFN2/c9-4-1-6(11)8-5(10)3-12-13-7(8)2-4/h1-3H. The zero-order chi connectivity index (χ0) is 9.42. The van der Waals surface area contributed by atoms with Gasteiger partial charge in [0.25, 0.3) is 0 Å². The molecule has 0 saturated carbocycles. The van der Waals surface area contributed by atoms with E-state index in [1.54, 1.807) is 6.07 Å². The van der Waals surface area contributed by atoms with Gasteiger partial charge < -0.3 is 0 Å². The summed E-state index contributed by atoms with van der Waals surface area (Å²) in [7, 11) is 0. The van der Waals surface area contributed by atoms with Crippen LogP contribution >= 0.6 is 27.5 Å². The highest BCUT2D eigenvalue weighted by Crippen LogP contribution is 2.26. The van der Waals surface area contributed by atoms with Gasteiger partial charge in [-0.25, -0.2) is 4.39 Å². The van der Waals surface area contributed by atoms with Gasteiger partial charge in [0.1, 0.15) is 5.82 Å². The van der Waals surface area contributed by atoms with Crippen molar-refractivity contribution in [2.45, 2.75) is 0 Å². The summed E-state index contributed by atoms with van der Waals surface area (Å²) < 4.78 is 13.9. The molecule has 2 rings (SSSR count). The Morgan fingerprint density at radius 3 is 2.92 bits per heavy atom. The van der Waals surface area contributed by atoms with Crippen molar-refractivity contribution in [1.82, 2.24) is 10.2 Å². The van der Waals surface area contributed by atoms with Gasteiger partial charge in [0, 0.05) is 4.47 Å². The number of halogens is 3. The first-order valence-corrected chi connectivity index (χ1v) is 4.61. The van der Waals surface area contributed by atoms with E-state index in [4.69, 9.17) is 11.6 Å². The molecule has 2 nitrogen and oxygen atoms in total. The monoisotopic (exact) mass is 260 g/mol. The summed E-state index contributed by atoms with van der Waals surface area (Å²) >= 11 is 8.91. The van der Waals surface area contributed by atoms with Crippen molar-refractivity contribution < 1.29 is 4.39 Å². The molecule has 0 spiro atoms. The van der Waals surface area contributed by atoms with Gasteiger partial charge in [-0.2, -0.15) is 10.2 Å². The van der Waals surface area contributed by atoms with Crippen LogP contribution in [0.5, 0.6) is 0 Å². The molecule has 1 aromatic heterocycles. The number of aromatic nitrogens is 2. The Morgan fingerprint density at radius 2 is 2.15 bits per heavy atom. The van der Waals surface area contributed by atoms with E-state index in [1.807, 2.05) is 0 Å². The molecule has 0 amide bonds. The highest BCUT2D eigenvalue weighted by Gasteiger charge is 2.07. The zero-order valence-corrected chi connectivity index (χ0v) is 8.60. The summed E-state index contributed by atoms with van der Waals surface area (Å²) in [5, 5.41) is 7.96. The minimum absolute atomic E-state index is 0.273. The van der Waals surface area contributed by atoms with E-state index in [0.29, 0.717) is 15.4 Å². The fourth-order valence-electron chi connectivity index (χ4n) is 1.08. The fraction of sp³-hybridized carbons (Fsp3) is 0. The number of hydrogen-bond acceptors (Lipinski definition) is 2. The van der Waals surface area contributed by atoms with Gasteiger partial charge in [-0.1, -0.05) is 27.5 Å². The van der Waals surface area contributed by atoms with Crippen LogP contribution in [0.4, 0.5) is 4.39 Å². The van der Waals surface area contributed by atoms with E-state index >= 15 is 0 Å². The Morgan fingerprint density at radius 1 is 1.38 bits per heavy atom. The molecule has 2 aromatic rings. The van der Waals surface area contributed by atoms with E-state index < -0.39 is 5.82 Å². The van der Waals surface area contributed by atoms with Crippen molar-refractivity contribution in [3.8, 4) is 0 Å². The summed E-state index contributed by atoms with van der Waals surface area (Å²) in [5.74, 6) is -0.399. The fourth-order valence-corrected chi connectivity index (χ4v) is 1.73. The summed E-state index contributed by atoms with van der Waals surface area (Å²) in [6, 6.07) is 3.01. The number of fused-ring (bicyclic) bond motifs is 1. The molecule has 0 fully saturated rings. The van der Waals surface area contributed by atoms with E-state index in [9.17, 15) is 4.39 Å². The Kier molecular flexibility index (Phi) is 2.17. The van der Waals surface area contributed by atoms with Gasteiger partial charge >= 0.3 is 0 Å². The molecule has 0 aliphatic carbocycles. The van der Waals surface area contributed by atoms with Gasteiger partial charge in [-0.05, 0) is 12.1 Å². The van der Waals surface area contributed by atoms with Crippen LogP contribution in [0.15, 0.2) is 22.8 Å². The maximum absolute atomic E-state index is 13.3. The Bertz CT molecular complexity index is 475. The molecule has 66 valence electrons. The largest absolute Gasteiger partial charge is 0.206 e. The zero-order valence-electron chi connectivity index (χ0n) is 6.26. The lowest BCUT2D eigenvalue weighted by atomic mass is 10.2. The van der Waals surface area contributed by atoms with Crippen molar-refractivity contribution in [3.63, 3.8) is 0 Å². The third-order valence-corrected chi connectivity index (χ3v) is 2.35. The molecule has 0 aliphatic heterocycles. The maximum Gasteiger partial charge on any atom is 0.135 e. The van der Waals surface area contributed by atoms with Crippen LogP contribution in [0.1, 0.15) is 0 Å². The topological polar surface area (TPSA) is 25.8 Å². The molecule has 0 unspecified atom stereocenters. The lowest BCUT2D eigenvalue weighted by Crippen LogP contribution is -1.87. The average molecular weight is 261 g/mol. The van der Waals surface area contributed by atoms with Crippen LogP contribution in [-0.4, -0.2) is 10.2 Å². The molecule has 0 atom stereocenters. The van der Waals surface area contributed by atoms with E-state index in [2.05, 4.69) is 26.1 Å². The number of hydrogen-bond donors (Lipinski definition) is 0. The molecular formula is C8H3BrClFN2. The lowest BCUT2D eigenvalue weighted by Gasteiger charge is -2.00. The molecule has 0 saturated heterocycles. The lowest BCUT2D eigenvalue weighted by molar-refractivity contribution is 0.638. The minimum Gasteiger partial charge on any atom is -0.206 e. The Hall–Kier alpha value is -0.740. The quantitative estimate of drug-likeness (QED) is 0.728. The van der Waals surface area contributed by atoms with Crippen molar-refractivity contribution in [1.29, 1.82) is 0 Å². The highest BCUT2D eigenvalue weighted by molar-refractivity contribution is 9.10. The van der Waals surface area contributed by atoms with Crippen molar-refractivity contribution in [2.75, 3.05) is 0 Å². The van der Waals surface area contributed by atoms with Crippen LogP contribution in [0.2, 0.25) is 5.02 Å². The van der Waals surface area contributed by atoms with Gasteiger partial charge in [0.2, 0.25) is 0 Å². The van der Waals surface area contributed by atoms with Gasteiger partial charge in [0.05, 0.1) is 22.1 Å². The molecule has 5 heteroatoms. The predicted octanol–water partition coefficient (Wildman–Crippen LogP) is 3.18. The highest BCUT2D eigenvalue weighted by atomic mass is 79.9. The van der Waals surface area contributed by atoms with E-state index in [1.165, 1.54) is 12.3 Å². The normalized spacial score (nSPS) is 10.7. The number of rotatable bonds is 0. The van der Waals surface area contributed by atoms with Crippen molar-refractivity contribution in [3.05, 3.63) is 33.6 Å². The first kappa shape index (κ1) is 8.84. The molecule has 13 heavy (non-hydrogen) atoms. The van der Waals surface area contributed by atoms with Crippen LogP contribution in [0.25, 0.3) is 10.9 Å². The Labute approximate surface area is 86.9 Å². The maximum atomic E-state index is 13.3. The average Bonchev–Trinajstić information content (AvgIpc) is 2.02. The third kappa shape index (κ3) is 1.51. The number of benzene rings is 1. The summed E-state index contributed by atoms with van der Waals surface area (Å²) in [4.78, 5) is 0. The molecule has 0 bridgehead atoms. The summed E-state index contributed by atoms with van der Waals surface area (Å²) in [6.07, 6.45) is 1.32. The second-order valence-electron chi connectivity index (χ2n) is 2.47. The van der Waals surface area contributed by atoms with E-state index in [0.717, 1.165) is 0 Å². The van der Waals surface area contributed by atoms with Gasteiger partial charge in [0.15, 0.2) is 0 Å². The first-order valence-electron chi connectivity index (χ1n) is 3.44. The van der Waals surface area contributed by atoms with Gasteiger partial charge in [-0.15, -0.1) is 0 Å². The predicted molar refractivity (Wildman–Crippen MR) is 52.2 cm³/mol. The number of nitrogens with zero attached hydrogens (tertiary/aromatic N) is 2. The minimum atomic E-state index is -0.399. The summed E-state index contributed by atoms with van der Waals surface area (Å²) in [5.41, 5.74) is 0.444. The van der Waals surface area contributed by atoms with Crippen molar-refractivity contribution in [2.24, 2.45) is 0 Å². The molecule has 0 radical (unpaired) electrons. The molecule has 0 aliphatic rings. The third-order valence-electron chi connectivity index (χ3n) is 1.61. The second-order valence-corrected chi connectivity index (χ2v) is 3.80. The van der Waals surface area contributed by atoms with Crippen LogP contribution in [-0.2, 0) is 0 Å². The van der Waals surface area contributed by atoms with Crippen LogP contribution < -0.4 is 0 Å². The smallest absolute Gasteiger partial charge is 0.135 e. The first-order chi connectivity index (χ1) is 6.18. The molecule has 1 heterocycles. The SMILES string of the molecule is Fc1cc(Br)cc2nncc(Cl)c12. The van der Waals surface area contributed by atoms with Crippen LogP contribution in [0, 0.1) is 5.82 Å². The Balaban J connectivity index is 2.94. The van der Waals surface area contributed by atoms with Crippen molar-refractivity contribution >= 4 is 38.4 Å². The second kappa shape index (κ2) is 3.20. The molecular weight excluding hydrogens is 258 g/mol. The molecule has 0 N–H and O–H groups in total. The molecule has 1 aromatic carbocycles. The van der Waals surface area contributed by atoms with Crippen LogP contribution in [0.3, 0.4) is 0 Å². The summed E-state index contributed by atoms with van der Waals surface area (Å²) in [6.45, 7) is 0. The van der Waals surface area contributed by atoms with E-state index in [-0.39, 0.29) is 5.02 Å². The van der Waals surface area contributed by atoms with Gasteiger partial charge in [-0.3, -0.25) is 0 Å².